The molecule has 2 aromatic carbocycles. The summed E-state index contributed by atoms with van der Waals surface area (Å²) >= 11 is 0. The Morgan fingerprint density at radius 2 is 1.56 bits per heavy atom. The Morgan fingerprint density at radius 1 is 0.927 bits per heavy atom. The summed E-state index contributed by atoms with van der Waals surface area (Å²) in [4.78, 5) is 52.5. The van der Waals surface area contributed by atoms with Gasteiger partial charge in [0.1, 0.15) is 24.1 Å². The van der Waals surface area contributed by atoms with Gasteiger partial charge in [-0.25, -0.2) is 14.6 Å². The highest BCUT2D eigenvalue weighted by Crippen LogP contribution is 2.40. The number of fused-ring (bicyclic) bond motifs is 2. The molecule has 15 heteroatoms. The number of imidazole rings is 1. The summed E-state index contributed by atoms with van der Waals surface area (Å²) in [5.74, 6) is 1.35. The van der Waals surface area contributed by atoms with E-state index in [9.17, 15) is 14.4 Å². The maximum atomic E-state index is 14.4. The van der Waals surface area contributed by atoms with E-state index in [-0.39, 0.29) is 31.3 Å². The fourth-order valence-corrected chi connectivity index (χ4v) is 7.98. The molecule has 292 valence electrons. The number of ether oxygens (including phenoxy) is 4. The second kappa shape index (κ2) is 14.4. The number of aromatic nitrogens is 2. The number of likely N-dealkylation sites (tertiary alicyclic amines) is 1. The molecule has 3 fully saturated rings. The van der Waals surface area contributed by atoms with Gasteiger partial charge >= 0.3 is 19.3 Å². The number of aromatic amines is 1. The van der Waals surface area contributed by atoms with Gasteiger partial charge in [0, 0.05) is 19.5 Å². The van der Waals surface area contributed by atoms with Crippen molar-refractivity contribution in [3.63, 3.8) is 0 Å². The van der Waals surface area contributed by atoms with E-state index in [1.54, 1.807) is 16.0 Å². The Bertz CT molecular complexity index is 1890. The van der Waals surface area contributed by atoms with Gasteiger partial charge in [-0.1, -0.05) is 38.1 Å². The fourth-order valence-electron chi connectivity index (χ4n) is 7.98. The van der Waals surface area contributed by atoms with Gasteiger partial charge in [-0.3, -0.25) is 9.69 Å². The third kappa shape index (κ3) is 7.36. The molecule has 5 aliphatic rings. The van der Waals surface area contributed by atoms with Crippen LogP contribution in [0.1, 0.15) is 96.6 Å². The Balaban J connectivity index is 0.997. The van der Waals surface area contributed by atoms with E-state index in [4.69, 9.17) is 33.2 Å². The number of nitrogens with one attached hydrogen (secondary N) is 2. The van der Waals surface area contributed by atoms with Crippen LogP contribution in [-0.2, 0) is 36.7 Å². The topological polar surface area (TPSA) is 154 Å². The number of H-pyrrole nitrogens is 1. The average Bonchev–Trinajstić information content (AvgIpc) is 3.99. The quantitative estimate of drug-likeness (QED) is 0.278. The van der Waals surface area contributed by atoms with Crippen LogP contribution in [0.3, 0.4) is 0 Å². The first-order valence-corrected chi connectivity index (χ1v) is 19.4. The second-order valence-corrected chi connectivity index (χ2v) is 16.6. The van der Waals surface area contributed by atoms with Crippen molar-refractivity contribution >= 4 is 30.7 Å². The second-order valence-electron chi connectivity index (χ2n) is 16.6. The highest BCUT2D eigenvalue weighted by molar-refractivity contribution is 6.62. The largest absolute Gasteiger partial charge is 0.494 e. The number of carbonyl (C=O) groups excluding carboxylic acids is 3. The lowest BCUT2D eigenvalue weighted by Gasteiger charge is -2.32. The zero-order valence-corrected chi connectivity index (χ0v) is 32.4. The number of rotatable bonds is 8. The van der Waals surface area contributed by atoms with Gasteiger partial charge in [-0.05, 0) is 93.6 Å². The molecule has 1 aromatic heterocycles. The van der Waals surface area contributed by atoms with E-state index in [0.29, 0.717) is 36.8 Å². The van der Waals surface area contributed by atoms with Crippen LogP contribution in [0.2, 0.25) is 0 Å². The number of benzene rings is 2. The lowest BCUT2D eigenvalue weighted by Crippen LogP contribution is -2.52. The van der Waals surface area contributed by atoms with Gasteiger partial charge in [0.25, 0.3) is 0 Å². The maximum absolute atomic E-state index is 14.4. The number of nitrogens with zero attached hydrogens (tertiary/aromatic N) is 3. The fraction of sp³-hybridized carbons (Fsp3) is 0.550. The number of alkyl carbamates (subject to hydrolysis) is 1. The van der Waals surface area contributed by atoms with Crippen LogP contribution in [-0.4, -0.2) is 87.8 Å². The molecule has 3 aromatic rings. The van der Waals surface area contributed by atoms with Crippen LogP contribution in [0.5, 0.6) is 11.5 Å². The smallest absolute Gasteiger partial charge is 0.454 e. The first-order chi connectivity index (χ1) is 26.2. The number of amides is 3. The van der Waals surface area contributed by atoms with Crippen molar-refractivity contribution in [1.29, 1.82) is 0 Å². The van der Waals surface area contributed by atoms with E-state index >= 15 is 0 Å². The average molecular weight is 756 g/mol. The molecule has 0 bridgehead atoms. The zero-order chi connectivity index (χ0) is 38.6. The van der Waals surface area contributed by atoms with Crippen LogP contribution >= 0.6 is 0 Å². The van der Waals surface area contributed by atoms with Crippen LogP contribution in [0, 0.1) is 5.92 Å². The molecule has 8 rings (SSSR count). The van der Waals surface area contributed by atoms with E-state index < -0.39 is 48.7 Å². The van der Waals surface area contributed by atoms with Crippen molar-refractivity contribution in [3.8, 4) is 22.8 Å². The molecule has 0 spiro atoms. The molecule has 3 atom stereocenters. The van der Waals surface area contributed by atoms with Crippen molar-refractivity contribution in [2.45, 2.75) is 122 Å². The molecule has 2 saturated heterocycles. The van der Waals surface area contributed by atoms with E-state index in [1.807, 2.05) is 77.9 Å². The van der Waals surface area contributed by atoms with Crippen molar-refractivity contribution in [2.24, 2.45) is 5.92 Å². The molecule has 55 heavy (non-hydrogen) atoms. The van der Waals surface area contributed by atoms with Crippen LogP contribution < -0.4 is 20.3 Å². The number of carbonyl (C=O) groups is 3. The van der Waals surface area contributed by atoms with Crippen molar-refractivity contribution in [2.75, 3.05) is 13.3 Å². The molecule has 2 N–H and O–H groups in total. The SMILES string of the molecule is CC(C)[C@H](NC(=O)OC1CCCC1)C(=O)N1C[C@H](OC(=O)N2Cc3cc4c(cc3C2)OCO4)C[C@H]1c1ncc(-c2ccc(B3OC(C)(C)C(C)(C)O3)cc2)[nH]1. The Hall–Kier alpha value is -4.76. The van der Waals surface area contributed by atoms with Crippen molar-refractivity contribution < 1.29 is 42.6 Å². The van der Waals surface area contributed by atoms with E-state index in [2.05, 4.69) is 10.3 Å². The van der Waals surface area contributed by atoms with E-state index in [0.717, 1.165) is 53.5 Å². The lowest BCUT2D eigenvalue weighted by molar-refractivity contribution is -0.136. The van der Waals surface area contributed by atoms with Crippen molar-refractivity contribution in [3.05, 3.63) is 59.5 Å². The Labute approximate surface area is 321 Å². The molecule has 0 radical (unpaired) electrons. The molecule has 4 aliphatic heterocycles. The molecular formula is C40H50BN5O9. The molecule has 14 nitrogen and oxygen atoms in total. The Kier molecular flexibility index (Phi) is 9.73. The third-order valence-corrected chi connectivity index (χ3v) is 11.9. The minimum Gasteiger partial charge on any atom is -0.454 e. The summed E-state index contributed by atoms with van der Waals surface area (Å²) in [6.07, 6.45) is 3.91. The standard InChI is InChI=1S/C40H50BN5O9/c1-23(2)34(44-37(48)52-28-9-7-8-10-28)36(47)46-21-29(53-38(49)45-19-25-15-32-33(51-22-50-32)16-26(25)20-45)17-31(46)35-42-18-30(43-35)24-11-13-27(14-12-24)41-54-39(3,4)40(5,6)55-41/h11-16,18,23,28-29,31,34H,7-10,17,19-22H2,1-6H3,(H,42,43)(H,44,48)/t29-,31+,34+/m1/s1. The summed E-state index contributed by atoms with van der Waals surface area (Å²) in [6, 6.07) is 10.3. The first kappa shape index (κ1) is 37.2. The Morgan fingerprint density at radius 3 is 2.18 bits per heavy atom. The van der Waals surface area contributed by atoms with Gasteiger partial charge in [0.15, 0.2) is 11.5 Å². The molecule has 5 heterocycles. The van der Waals surface area contributed by atoms with Crippen LogP contribution in [0.25, 0.3) is 11.3 Å². The van der Waals surface area contributed by atoms with Crippen LogP contribution in [0.4, 0.5) is 9.59 Å². The van der Waals surface area contributed by atoms with Gasteiger partial charge in [0.2, 0.25) is 12.7 Å². The van der Waals surface area contributed by atoms with Crippen molar-refractivity contribution in [1.82, 2.24) is 25.1 Å². The summed E-state index contributed by atoms with van der Waals surface area (Å²) in [5, 5.41) is 2.85. The van der Waals surface area contributed by atoms with E-state index in [1.165, 1.54) is 0 Å². The highest BCUT2D eigenvalue weighted by Gasteiger charge is 2.51. The third-order valence-electron chi connectivity index (χ3n) is 11.9. The lowest BCUT2D eigenvalue weighted by atomic mass is 9.79. The minimum absolute atomic E-state index is 0.132. The highest BCUT2D eigenvalue weighted by atomic mass is 16.7. The molecular weight excluding hydrogens is 705 g/mol. The van der Waals surface area contributed by atoms with Crippen LogP contribution in [0.15, 0.2) is 42.6 Å². The number of hydrogen-bond acceptors (Lipinski definition) is 10. The summed E-state index contributed by atoms with van der Waals surface area (Å²) in [6.45, 7) is 12.9. The van der Waals surface area contributed by atoms with Gasteiger partial charge in [0.05, 0.1) is 35.7 Å². The zero-order valence-electron chi connectivity index (χ0n) is 32.4. The van der Waals surface area contributed by atoms with Gasteiger partial charge in [-0.2, -0.15) is 0 Å². The molecule has 1 saturated carbocycles. The summed E-state index contributed by atoms with van der Waals surface area (Å²) in [5.41, 5.74) is 3.62. The molecule has 3 amide bonds. The molecule has 1 aliphatic carbocycles. The first-order valence-electron chi connectivity index (χ1n) is 19.4. The normalized spacial score (nSPS) is 23.0. The minimum atomic E-state index is -0.859. The predicted molar refractivity (Wildman–Crippen MR) is 201 cm³/mol. The molecule has 0 unspecified atom stereocenters. The summed E-state index contributed by atoms with van der Waals surface area (Å²) in [7, 11) is -0.481. The van der Waals surface area contributed by atoms with Gasteiger partial charge < -0.3 is 43.5 Å². The predicted octanol–water partition coefficient (Wildman–Crippen LogP) is 5.59. The maximum Gasteiger partial charge on any atom is 0.494 e. The monoisotopic (exact) mass is 755 g/mol. The summed E-state index contributed by atoms with van der Waals surface area (Å²) < 4.78 is 35.3. The van der Waals surface area contributed by atoms with Gasteiger partial charge in [-0.15, -0.1) is 0 Å². The number of hydrogen-bond donors (Lipinski definition) is 2.